The lowest BCUT2D eigenvalue weighted by atomic mass is 9.97. The first-order chi connectivity index (χ1) is 12.2. The Labute approximate surface area is 146 Å². The second kappa shape index (κ2) is 5.28. The smallest absolute Gasteiger partial charge is 0.442 e. The SMILES string of the molecule is O=C(Cc1ccc(C2(C(F)(F)F)N=N2)cc1)NC1CCC2CC21C(=O)O. The lowest BCUT2D eigenvalue weighted by molar-refractivity contribution is -0.166. The van der Waals surface area contributed by atoms with E-state index >= 15 is 0 Å². The Morgan fingerprint density at radius 2 is 1.85 bits per heavy atom. The molecular formula is C17H16F3N3O3. The lowest BCUT2D eigenvalue weighted by Crippen LogP contribution is -2.43. The summed E-state index contributed by atoms with van der Waals surface area (Å²) in [4.78, 5) is 23.7. The molecule has 4 rings (SSSR count). The first kappa shape index (κ1) is 17.0. The number of nitrogens with zero attached hydrogens (tertiary/aromatic N) is 2. The van der Waals surface area contributed by atoms with E-state index in [0.29, 0.717) is 18.4 Å². The minimum atomic E-state index is -4.58. The van der Waals surface area contributed by atoms with Crippen LogP contribution in [0.25, 0.3) is 0 Å². The Kier molecular flexibility index (Phi) is 3.45. The van der Waals surface area contributed by atoms with E-state index in [4.69, 9.17) is 0 Å². The van der Waals surface area contributed by atoms with Crippen LogP contribution in [0.15, 0.2) is 34.5 Å². The molecule has 0 bridgehead atoms. The van der Waals surface area contributed by atoms with Crippen LogP contribution in [-0.4, -0.2) is 29.2 Å². The maximum absolute atomic E-state index is 13.0. The summed E-state index contributed by atoms with van der Waals surface area (Å²) >= 11 is 0. The normalized spacial score (nSPS) is 30.6. The Bertz CT molecular complexity index is 800. The zero-order valence-electron chi connectivity index (χ0n) is 13.6. The zero-order valence-corrected chi connectivity index (χ0v) is 13.6. The largest absolute Gasteiger partial charge is 0.481 e. The topological polar surface area (TPSA) is 91.1 Å². The number of aliphatic carboxylic acids is 1. The molecule has 0 saturated heterocycles. The fourth-order valence-electron chi connectivity index (χ4n) is 4.10. The molecule has 6 nitrogen and oxygen atoms in total. The predicted octanol–water partition coefficient (Wildman–Crippen LogP) is 2.78. The molecule has 26 heavy (non-hydrogen) atoms. The van der Waals surface area contributed by atoms with Crippen molar-refractivity contribution in [1.29, 1.82) is 0 Å². The Morgan fingerprint density at radius 1 is 1.19 bits per heavy atom. The highest BCUT2D eigenvalue weighted by atomic mass is 19.4. The number of carbonyl (C=O) groups is 2. The molecule has 1 amide bonds. The number of rotatable bonds is 5. The molecule has 0 aromatic heterocycles. The Hall–Kier alpha value is -2.45. The number of hydrogen-bond donors (Lipinski definition) is 2. The number of carbonyl (C=O) groups excluding carboxylic acids is 1. The van der Waals surface area contributed by atoms with E-state index in [-0.39, 0.29) is 29.9 Å². The van der Waals surface area contributed by atoms with Crippen molar-refractivity contribution >= 4 is 11.9 Å². The molecule has 1 aromatic rings. The molecule has 2 fully saturated rings. The summed E-state index contributed by atoms with van der Waals surface area (Å²) in [5.41, 5.74) is -2.84. The fraction of sp³-hybridized carbons (Fsp3) is 0.529. The second-order valence-corrected chi connectivity index (χ2v) is 7.19. The highest BCUT2D eigenvalue weighted by Gasteiger charge is 2.68. The number of carboxylic acids is 1. The van der Waals surface area contributed by atoms with Gasteiger partial charge in [0.25, 0.3) is 0 Å². The summed E-state index contributed by atoms with van der Waals surface area (Å²) < 4.78 is 38.9. The van der Waals surface area contributed by atoms with Crippen molar-refractivity contribution in [2.75, 3.05) is 0 Å². The summed E-state index contributed by atoms with van der Waals surface area (Å²) in [6, 6.07) is 5.03. The van der Waals surface area contributed by atoms with Gasteiger partial charge in [-0.25, -0.2) is 0 Å². The van der Waals surface area contributed by atoms with Crippen molar-refractivity contribution in [3.63, 3.8) is 0 Å². The van der Waals surface area contributed by atoms with E-state index < -0.39 is 23.2 Å². The van der Waals surface area contributed by atoms with Gasteiger partial charge in [-0.2, -0.15) is 13.2 Å². The number of benzene rings is 1. The highest BCUT2D eigenvalue weighted by Crippen LogP contribution is 2.63. The third-order valence-electron chi connectivity index (χ3n) is 5.73. The number of fused-ring (bicyclic) bond motifs is 1. The number of amides is 1. The van der Waals surface area contributed by atoms with E-state index in [1.54, 1.807) is 0 Å². The van der Waals surface area contributed by atoms with Gasteiger partial charge in [-0.1, -0.05) is 24.3 Å². The molecule has 1 aliphatic heterocycles. The first-order valence-corrected chi connectivity index (χ1v) is 8.32. The van der Waals surface area contributed by atoms with Gasteiger partial charge < -0.3 is 10.4 Å². The van der Waals surface area contributed by atoms with Crippen LogP contribution in [0.2, 0.25) is 0 Å². The summed E-state index contributed by atoms with van der Waals surface area (Å²) in [5, 5.41) is 18.5. The van der Waals surface area contributed by atoms with Crippen molar-refractivity contribution in [1.82, 2.24) is 5.32 Å². The molecule has 3 aliphatic rings. The average molecular weight is 367 g/mol. The van der Waals surface area contributed by atoms with Crippen molar-refractivity contribution in [3.05, 3.63) is 35.4 Å². The van der Waals surface area contributed by atoms with Crippen LogP contribution < -0.4 is 5.32 Å². The van der Waals surface area contributed by atoms with Gasteiger partial charge in [-0.15, -0.1) is 10.2 Å². The van der Waals surface area contributed by atoms with Crippen molar-refractivity contribution in [2.45, 2.75) is 43.6 Å². The molecule has 0 spiro atoms. The molecule has 9 heteroatoms. The summed E-state index contributed by atoms with van der Waals surface area (Å²) in [5.74, 6) is -1.07. The molecule has 2 saturated carbocycles. The van der Waals surface area contributed by atoms with Crippen LogP contribution in [0.4, 0.5) is 13.2 Å². The molecule has 2 aliphatic carbocycles. The molecule has 3 atom stereocenters. The van der Waals surface area contributed by atoms with E-state index in [1.165, 1.54) is 24.3 Å². The van der Waals surface area contributed by atoms with Crippen molar-refractivity contribution in [3.8, 4) is 0 Å². The average Bonchev–Trinajstić information content (AvgIpc) is 3.46. The summed E-state index contributed by atoms with van der Waals surface area (Å²) in [7, 11) is 0. The maximum atomic E-state index is 13.0. The van der Waals surface area contributed by atoms with Gasteiger partial charge in [0.2, 0.25) is 5.91 Å². The van der Waals surface area contributed by atoms with Gasteiger partial charge in [-0.05, 0) is 30.7 Å². The second-order valence-electron chi connectivity index (χ2n) is 7.19. The van der Waals surface area contributed by atoms with E-state index in [1.807, 2.05) is 0 Å². The molecule has 1 heterocycles. The molecular weight excluding hydrogens is 351 g/mol. The van der Waals surface area contributed by atoms with E-state index in [9.17, 15) is 27.9 Å². The first-order valence-electron chi connectivity index (χ1n) is 8.32. The lowest BCUT2D eigenvalue weighted by Gasteiger charge is -2.21. The van der Waals surface area contributed by atoms with Crippen LogP contribution in [0.1, 0.15) is 30.4 Å². The maximum Gasteiger partial charge on any atom is 0.442 e. The third kappa shape index (κ3) is 2.40. The van der Waals surface area contributed by atoms with E-state index in [0.717, 1.165) is 6.42 Å². The standard InChI is InChI=1S/C17H16F3N3O3/c18-17(19,20)16(22-23-16)10-3-1-9(2-4-10)7-13(24)21-12-6-5-11-8-15(11,12)14(25)26/h1-4,11-12H,5-8H2,(H,21,24)(H,25,26). The highest BCUT2D eigenvalue weighted by molar-refractivity contribution is 5.84. The Balaban J connectivity index is 1.39. The van der Waals surface area contributed by atoms with Gasteiger partial charge in [0.15, 0.2) is 0 Å². The quantitative estimate of drug-likeness (QED) is 0.838. The monoisotopic (exact) mass is 367 g/mol. The van der Waals surface area contributed by atoms with Crippen molar-refractivity contribution in [2.24, 2.45) is 21.6 Å². The van der Waals surface area contributed by atoms with Gasteiger partial charge in [0.05, 0.1) is 11.8 Å². The van der Waals surface area contributed by atoms with Crippen LogP contribution in [-0.2, 0) is 21.7 Å². The summed E-state index contributed by atoms with van der Waals surface area (Å²) in [6.07, 6.45) is -2.59. The number of hydrogen-bond acceptors (Lipinski definition) is 4. The van der Waals surface area contributed by atoms with Gasteiger partial charge >= 0.3 is 17.8 Å². The molecule has 0 radical (unpaired) electrons. The van der Waals surface area contributed by atoms with Crippen molar-refractivity contribution < 1.29 is 27.9 Å². The van der Waals surface area contributed by atoms with Gasteiger partial charge in [-0.3, -0.25) is 9.59 Å². The zero-order chi connectivity index (χ0) is 18.7. The van der Waals surface area contributed by atoms with Crippen LogP contribution in [0, 0.1) is 11.3 Å². The van der Waals surface area contributed by atoms with Gasteiger partial charge in [0.1, 0.15) is 0 Å². The molecule has 3 unspecified atom stereocenters. The Morgan fingerprint density at radius 3 is 2.35 bits per heavy atom. The molecule has 1 aromatic carbocycles. The number of nitrogens with one attached hydrogen (secondary N) is 1. The van der Waals surface area contributed by atoms with Gasteiger partial charge in [0, 0.05) is 11.6 Å². The number of carboxylic acid groups (broad SMARTS) is 1. The minimum Gasteiger partial charge on any atom is -0.481 e. The fourth-order valence-corrected chi connectivity index (χ4v) is 4.10. The van der Waals surface area contributed by atoms with E-state index in [2.05, 4.69) is 15.5 Å². The summed E-state index contributed by atoms with van der Waals surface area (Å²) in [6.45, 7) is 0. The molecule has 2 N–H and O–H groups in total. The molecule has 138 valence electrons. The number of halogens is 3. The third-order valence-corrected chi connectivity index (χ3v) is 5.73. The van der Waals surface area contributed by atoms with Crippen LogP contribution >= 0.6 is 0 Å². The number of alkyl halides is 3. The van der Waals surface area contributed by atoms with Crippen LogP contribution in [0.3, 0.4) is 0 Å². The minimum absolute atomic E-state index is 0.0234. The predicted molar refractivity (Wildman–Crippen MR) is 82.1 cm³/mol. The van der Waals surface area contributed by atoms with Crippen LogP contribution in [0.5, 0.6) is 0 Å².